The molecule has 1 aromatic heterocycles. The zero-order valence-corrected chi connectivity index (χ0v) is 21.1. The van der Waals surface area contributed by atoms with Gasteiger partial charge in [-0.1, -0.05) is 12.0 Å². The number of thiophene rings is 1. The van der Waals surface area contributed by atoms with Crippen molar-refractivity contribution < 1.29 is 22.9 Å². The lowest BCUT2D eigenvalue weighted by Crippen LogP contribution is -2.61. The Balaban J connectivity index is 2.24. The molecule has 0 fully saturated rings. The van der Waals surface area contributed by atoms with Crippen molar-refractivity contribution in [3.05, 3.63) is 47.5 Å². The fraction of sp³-hybridized carbons (Fsp3) is 0.400. The second-order valence-corrected chi connectivity index (χ2v) is 11.9. The van der Waals surface area contributed by atoms with Crippen LogP contribution in [0.15, 0.2) is 36.4 Å². The summed E-state index contributed by atoms with van der Waals surface area (Å²) >= 11 is -0.345. The molecule has 176 valence electrons. The molecular weight excluding hydrogens is 464 g/mol. The average Bonchev–Trinajstić information content (AvgIpc) is 3.10. The van der Waals surface area contributed by atoms with Crippen molar-refractivity contribution in [1.82, 2.24) is 4.72 Å². The van der Waals surface area contributed by atoms with Crippen LogP contribution in [-0.4, -0.2) is 27.8 Å². The first-order valence-electron chi connectivity index (χ1n) is 10.5. The number of halogens is 2. The molecule has 3 aromatic rings. The highest BCUT2D eigenvalue weighted by molar-refractivity contribution is 7.90. The number of carbonyl (C=O) groups is 1. The van der Waals surface area contributed by atoms with Crippen LogP contribution in [0.4, 0.5) is 8.78 Å². The second kappa shape index (κ2) is 9.22. The highest BCUT2D eigenvalue weighted by atomic mass is 32.2. The fourth-order valence-electron chi connectivity index (χ4n) is 3.38. The second-order valence-electron chi connectivity index (χ2n) is 8.80. The van der Waals surface area contributed by atoms with Gasteiger partial charge in [-0.05, 0) is 77.4 Å². The molecule has 8 heteroatoms. The predicted molar refractivity (Wildman–Crippen MR) is 132 cm³/mol. The molecule has 0 spiro atoms. The summed E-state index contributed by atoms with van der Waals surface area (Å²) in [5, 5.41) is 1.65. The summed E-state index contributed by atoms with van der Waals surface area (Å²) in [5.74, 6) is 0.230. The molecule has 0 aliphatic carbocycles. The molecule has 2 atom stereocenters. The smallest absolute Gasteiger partial charge is 0.379 e. The number of hydrogen-bond acceptors (Lipinski definition) is 5. The number of esters is 1. The van der Waals surface area contributed by atoms with E-state index in [1.807, 2.05) is 18.2 Å². The molecule has 0 aliphatic rings. The van der Waals surface area contributed by atoms with E-state index in [1.54, 1.807) is 57.2 Å². The number of rotatable bonds is 6. The maximum Gasteiger partial charge on any atom is 0.379 e. The van der Waals surface area contributed by atoms with Crippen molar-refractivity contribution in [2.75, 3.05) is 6.61 Å². The number of fused-ring (bicyclic) bond motifs is 3. The number of benzene rings is 2. The Labute approximate surface area is 200 Å². The number of ether oxygens (including phenoxy) is 1. The molecule has 0 aliphatic heterocycles. The standard InChI is InChI=1S/C25H27F2NO3S2/c1-7-9-16-10-12-20-18(14-16)19-15-17(11-13-21(19)32-20)24(6,28-33(30)23(3,4)5)25(26,27)22(29)31-8-2/h10-15,28H,8H2,1-6H3/t24-,33?/m1/s1. The van der Waals surface area contributed by atoms with Gasteiger partial charge in [0, 0.05) is 37.1 Å². The van der Waals surface area contributed by atoms with Crippen molar-refractivity contribution >= 4 is 48.8 Å². The van der Waals surface area contributed by atoms with E-state index >= 15 is 8.78 Å². The van der Waals surface area contributed by atoms with Crippen molar-refractivity contribution in [2.45, 2.75) is 57.8 Å². The molecule has 0 amide bonds. The highest BCUT2D eigenvalue weighted by Crippen LogP contribution is 2.43. The minimum atomic E-state index is -3.98. The van der Waals surface area contributed by atoms with Gasteiger partial charge in [0.05, 0.1) is 6.61 Å². The van der Waals surface area contributed by atoms with Gasteiger partial charge in [0.25, 0.3) is 0 Å². The van der Waals surface area contributed by atoms with Crippen LogP contribution in [0.5, 0.6) is 0 Å². The van der Waals surface area contributed by atoms with Gasteiger partial charge < -0.3 is 9.29 Å². The first-order valence-corrected chi connectivity index (χ1v) is 12.5. The molecule has 33 heavy (non-hydrogen) atoms. The van der Waals surface area contributed by atoms with Gasteiger partial charge in [0.2, 0.25) is 0 Å². The topological polar surface area (TPSA) is 61.4 Å². The number of nitrogens with one attached hydrogen (secondary N) is 1. The lowest BCUT2D eigenvalue weighted by atomic mass is 9.85. The third-order valence-corrected chi connectivity index (χ3v) is 8.19. The van der Waals surface area contributed by atoms with Crippen LogP contribution in [0.1, 0.15) is 52.7 Å². The summed E-state index contributed by atoms with van der Waals surface area (Å²) in [5.41, 5.74) is -1.32. The Morgan fingerprint density at radius 1 is 1.12 bits per heavy atom. The van der Waals surface area contributed by atoms with E-state index in [9.17, 15) is 9.35 Å². The van der Waals surface area contributed by atoms with Gasteiger partial charge >= 0.3 is 11.9 Å². The van der Waals surface area contributed by atoms with Gasteiger partial charge in [-0.25, -0.2) is 4.79 Å². The molecule has 0 radical (unpaired) electrons. The Morgan fingerprint density at radius 2 is 1.73 bits per heavy atom. The monoisotopic (exact) mass is 491 g/mol. The number of hydrogen-bond donors (Lipinski definition) is 1. The van der Waals surface area contributed by atoms with E-state index < -0.39 is 33.5 Å². The Bertz CT molecular complexity index is 1250. The van der Waals surface area contributed by atoms with Crippen LogP contribution in [0, 0.1) is 11.8 Å². The first kappa shape index (κ1) is 25.4. The SMILES string of the molecule is CC#Cc1ccc2sc3ccc([C@@](C)(N[S+]([O-])C(C)(C)C)C(F)(F)C(=O)OCC)cc3c2c1. The van der Waals surface area contributed by atoms with Crippen molar-refractivity contribution in [3.8, 4) is 11.8 Å². The molecule has 1 heterocycles. The summed E-state index contributed by atoms with van der Waals surface area (Å²) in [7, 11) is 0. The Hall–Kier alpha value is -2.18. The Morgan fingerprint density at radius 3 is 2.30 bits per heavy atom. The molecular formula is C25H27F2NO3S2. The van der Waals surface area contributed by atoms with E-state index in [1.165, 1.54) is 13.8 Å². The largest absolute Gasteiger partial charge is 0.598 e. The number of alkyl halides is 2. The summed E-state index contributed by atoms with van der Waals surface area (Å²) in [6.45, 7) is 9.23. The van der Waals surface area contributed by atoms with E-state index in [-0.39, 0.29) is 12.2 Å². The summed E-state index contributed by atoms with van der Waals surface area (Å²) in [6.07, 6.45) is 0. The Kier molecular flexibility index (Phi) is 7.11. The first-order chi connectivity index (χ1) is 15.3. The molecule has 0 bridgehead atoms. The van der Waals surface area contributed by atoms with Gasteiger partial charge in [-0.2, -0.15) is 8.78 Å². The average molecular weight is 492 g/mol. The summed E-state index contributed by atoms with van der Waals surface area (Å²) in [4.78, 5) is 12.3. The summed E-state index contributed by atoms with van der Waals surface area (Å²) < 4.78 is 52.5. The molecule has 0 saturated carbocycles. The van der Waals surface area contributed by atoms with E-state index in [0.29, 0.717) is 0 Å². The summed E-state index contributed by atoms with van der Waals surface area (Å²) in [6, 6.07) is 10.7. The minimum Gasteiger partial charge on any atom is -0.598 e. The van der Waals surface area contributed by atoms with Crippen LogP contribution >= 0.6 is 11.3 Å². The van der Waals surface area contributed by atoms with Gasteiger partial charge in [-0.15, -0.1) is 22.0 Å². The molecule has 2 aromatic carbocycles. The maximum absolute atomic E-state index is 15.6. The van der Waals surface area contributed by atoms with Crippen LogP contribution in [0.3, 0.4) is 0 Å². The molecule has 4 nitrogen and oxygen atoms in total. The zero-order chi connectivity index (χ0) is 24.6. The van der Waals surface area contributed by atoms with Crippen molar-refractivity contribution in [1.29, 1.82) is 0 Å². The van der Waals surface area contributed by atoms with Crippen LogP contribution < -0.4 is 4.72 Å². The molecule has 0 saturated heterocycles. The quantitative estimate of drug-likeness (QED) is 0.265. The van der Waals surface area contributed by atoms with Gasteiger partial charge in [-0.3, -0.25) is 0 Å². The van der Waals surface area contributed by atoms with Crippen LogP contribution in [0.25, 0.3) is 20.2 Å². The fourth-order valence-corrected chi connectivity index (χ4v) is 5.37. The lowest BCUT2D eigenvalue weighted by Gasteiger charge is -2.38. The van der Waals surface area contributed by atoms with Crippen LogP contribution in [-0.2, 0) is 26.4 Å². The van der Waals surface area contributed by atoms with E-state index in [4.69, 9.17) is 0 Å². The van der Waals surface area contributed by atoms with Crippen molar-refractivity contribution in [2.24, 2.45) is 0 Å². The van der Waals surface area contributed by atoms with Crippen LogP contribution in [0.2, 0.25) is 0 Å². The molecule has 1 N–H and O–H groups in total. The predicted octanol–water partition coefficient (Wildman–Crippen LogP) is 5.89. The van der Waals surface area contributed by atoms with E-state index in [0.717, 1.165) is 25.7 Å². The zero-order valence-electron chi connectivity index (χ0n) is 19.5. The lowest BCUT2D eigenvalue weighted by molar-refractivity contribution is -0.183. The van der Waals surface area contributed by atoms with Gasteiger partial charge in [0.1, 0.15) is 4.75 Å². The molecule has 3 rings (SSSR count). The van der Waals surface area contributed by atoms with Crippen molar-refractivity contribution in [3.63, 3.8) is 0 Å². The maximum atomic E-state index is 15.6. The third-order valence-electron chi connectivity index (χ3n) is 5.33. The van der Waals surface area contributed by atoms with E-state index in [2.05, 4.69) is 21.3 Å². The van der Waals surface area contributed by atoms with Gasteiger partial charge in [0.15, 0.2) is 5.54 Å². The normalized spacial score (nSPS) is 15.1. The molecule has 1 unspecified atom stereocenters. The highest BCUT2D eigenvalue weighted by Gasteiger charge is 2.61. The third kappa shape index (κ3) is 4.73. The number of carbonyl (C=O) groups excluding carboxylic acids is 1. The minimum absolute atomic E-state index is 0.136.